The Bertz CT molecular complexity index is 513. The number of amides is 1. The molecule has 268 valence electrons. The maximum Gasteiger partial charge on any atom is 0.209 e. The summed E-state index contributed by atoms with van der Waals surface area (Å²) in [6.45, 7) is 17.0. The van der Waals surface area contributed by atoms with Crippen molar-refractivity contribution in [2.45, 2.75) is 209 Å². The van der Waals surface area contributed by atoms with Gasteiger partial charge in [-0.25, -0.2) is 0 Å². The molecule has 4 heteroatoms. The predicted molar refractivity (Wildman–Crippen MR) is 198 cm³/mol. The molecule has 2 atom stereocenters. The molecule has 0 aromatic heterocycles. The van der Waals surface area contributed by atoms with Gasteiger partial charge in [-0.05, 0) is 44.4 Å². The van der Waals surface area contributed by atoms with Crippen LogP contribution in [0.1, 0.15) is 203 Å². The van der Waals surface area contributed by atoms with Gasteiger partial charge < -0.3 is 14.4 Å². The molecule has 0 aliphatic heterocycles. The fourth-order valence-corrected chi connectivity index (χ4v) is 5.26. The van der Waals surface area contributed by atoms with Crippen LogP contribution in [0.2, 0.25) is 0 Å². The quantitative estimate of drug-likeness (QED) is 0.0536. The average molecular weight is 628 g/mol. The zero-order valence-corrected chi connectivity index (χ0v) is 30.8. The van der Waals surface area contributed by atoms with E-state index < -0.39 is 0 Å². The minimum atomic E-state index is 0. The van der Waals surface area contributed by atoms with Crippen molar-refractivity contribution in [1.82, 2.24) is 4.90 Å². The number of nitrogens with zero attached hydrogens (tertiary/aromatic N) is 1. The van der Waals surface area contributed by atoms with Crippen molar-refractivity contribution in [2.75, 3.05) is 33.5 Å². The lowest BCUT2D eigenvalue weighted by Crippen LogP contribution is -2.28. The Kier molecular flexibility index (Phi) is 43.9. The third-order valence-electron chi connectivity index (χ3n) is 8.58. The summed E-state index contributed by atoms with van der Waals surface area (Å²) in [5.41, 5.74) is 0. The van der Waals surface area contributed by atoms with Crippen LogP contribution in [0.5, 0.6) is 0 Å². The molecule has 0 saturated carbocycles. The first-order valence-corrected chi connectivity index (χ1v) is 19.2. The lowest BCUT2D eigenvalue weighted by atomic mass is 10.0. The number of hydrogen-bond donors (Lipinski definition) is 0. The fraction of sp³-hybridized carbons (Fsp3) is 0.975. The Morgan fingerprint density at radius 2 is 0.864 bits per heavy atom. The Morgan fingerprint density at radius 1 is 0.523 bits per heavy atom. The van der Waals surface area contributed by atoms with Gasteiger partial charge in [-0.15, -0.1) is 0 Å². The Balaban J connectivity index is -0.000000786. The highest BCUT2D eigenvalue weighted by molar-refractivity contribution is 5.46. The highest BCUT2D eigenvalue weighted by atomic mass is 16.5. The van der Waals surface area contributed by atoms with Crippen LogP contribution < -0.4 is 0 Å². The molecule has 0 rings (SSSR count). The lowest BCUT2D eigenvalue weighted by molar-refractivity contribution is -0.118. The molecule has 0 spiro atoms. The van der Waals surface area contributed by atoms with E-state index in [1.165, 1.54) is 141 Å². The number of carbonyl (C=O) groups excluding carboxylic acids is 1. The van der Waals surface area contributed by atoms with Crippen molar-refractivity contribution < 1.29 is 14.3 Å². The molecule has 0 saturated heterocycles. The molecule has 0 N–H and O–H groups in total. The van der Waals surface area contributed by atoms with Crippen LogP contribution in [-0.2, 0) is 14.3 Å². The first kappa shape index (κ1) is 47.8. The first-order chi connectivity index (χ1) is 20.9. The van der Waals surface area contributed by atoms with E-state index in [0.717, 1.165) is 45.7 Å². The third kappa shape index (κ3) is 41.4. The number of unbranched alkanes of at least 4 members (excludes halogenated alkanes) is 20. The van der Waals surface area contributed by atoms with Crippen LogP contribution in [0, 0.1) is 11.8 Å². The van der Waals surface area contributed by atoms with E-state index in [2.05, 4.69) is 41.5 Å². The van der Waals surface area contributed by atoms with E-state index in [4.69, 9.17) is 9.47 Å². The van der Waals surface area contributed by atoms with E-state index in [0.29, 0.717) is 17.9 Å². The van der Waals surface area contributed by atoms with Crippen molar-refractivity contribution >= 4 is 6.41 Å². The molecule has 0 aromatic carbocycles. The molecule has 2 unspecified atom stereocenters. The number of ether oxygens (including phenoxy) is 2. The highest BCUT2D eigenvalue weighted by Gasteiger charge is 2.10. The Hall–Kier alpha value is -0.610. The van der Waals surface area contributed by atoms with Crippen molar-refractivity contribution in [3.8, 4) is 0 Å². The van der Waals surface area contributed by atoms with Crippen molar-refractivity contribution in [2.24, 2.45) is 11.8 Å². The Morgan fingerprint density at radius 3 is 1.20 bits per heavy atom. The molecule has 0 radical (unpaired) electrons. The summed E-state index contributed by atoms with van der Waals surface area (Å²) in [7, 11) is 1.85. The van der Waals surface area contributed by atoms with Gasteiger partial charge >= 0.3 is 0 Å². The highest BCUT2D eigenvalue weighted by Crippen LogP contribution is 2.14. The molecule has 1 amide bonds. The van der Waals surface area contributed by atoms with Crippen molar-refractivity contribution in [1.29, 1.82) is 0 Å². The zero-order chi connectivity index (χ0) is 32.2. The summed E-state index contributed by atoms with van der Waals surface area (Å²) >= 11 is 0. The van der Waals surface area contributed by atoms with Crippen LogP contribution in [-0.4, -0.2) is 50.8 Å². The number of hydrogen-bond acceptors (Lipinski definition) is 3. The van der Waals surface area contributed by atoms with Gasteiger partial charge in [0.1, 0.15) is 0 Å². The number of rotatable bonds is 33. The fourth-order valence-electron chi connectivity index (χ4n) is 5.26. The third-order valence-corrected chi connectivity index (χ3v) is 8.58. The second-order valence-corrected chi connectivity index (χ2v) is 13.9. The molecule has 0 aliphatic carbocycles. The van der Waals surface area contributed by atoms with Crippen LogP contribution >= 0.6 is 0 Å². The predicted octanol–water partition coefficient (Wildman–Crippen LogP) is 12.8. The summed E-state index contributed by atoms with van der Waals surface area (Å²) in [5.74, 6) is 1.26. The zero-order valence-electron chi connectivity index (χ0n) is 30.8. The minimum Gasteiger partial charge on any atom is -0.381 e. The van der Waals surface area contributed by atoms with Gasteiger partial charge in [-0.3, -0.25) is 4.79 Å². The van der Waals surface area contributed by atoms with Crippen LogP contribution in [0.25, 0.3) is 0 Å². The molecule has 0 fully saturated rings. The molecular formula is C40H85NO3. The smallest absolute Gasteiger partial charge is 0.209 e. The largest absolute Gasteiger partial charge is 0.381 e. The van der Waals surface area contributed by atoms with Gasteiger partial charge in [0, 0.05) is 39.5 Å². The van der Waals surface area contributed by atoms with E-state index in [1.54, 1.807) is 4.90 Å². The normalized spacial score (nSPS) is 12.4. The van der Waals surface area contributed by atoms with E-state index in [9.17, 15) is 4.79 Å². The van der Waals surface area contributed by atoms with Gasteiger partial charge in [-0.1, -0.05) is 170 Å². The van der Waals surface area contributed by atoms with E-state index in [-0.39, 0.29) is 7.43 Å². The monoisotopic (exact) mass is 628 g/mol. The molecular weight excluding hydrogens is 542 g/mol. The van der Waals surface area contributed by atoms with Gasteiger partial charge in [0.05, 0.1) is 0 Å². The lowest BCUT2D eigenvalue weighted by Gasteiger charge is -2.21. The van der Waals surface area contributed by atoms with Crippen molar-refractivity contribution in [3.05, 3.63) is 0 Å². The van der Waals surface area contributed by atoms with Crippen LogP contribution in [0.15, 0.2) is 0 Å². The van der Waals surface area contributed by atoms with Gasteiger partial charge in [0.2, 0.25) is 6.41 Å². The second kappa shape index (κ2) is 40.4. The van der Waals surface area contributed by atoms with Crippen molar-refractivity contribution in [3.63, 3.8) is 0 Å². The average Bonchev–Trinajstić information content (AvgIpc) is 3.00. The van der Waals surface area contributed by atoms with E-state index >= 15 is 0 Å². The summed E-state index contributed by atoms with van der Waals surface area (Å²) in [5, 5.41) is 0. The summed E-state index contributed by atoms with van der Waals surface area (Å²) in [4.78, 5) is 12.4. The van der Waals surface area contributed by atoms with Gasteiger partial charge in [0.15, 0.2) is 0 Å². The first-order valence-electron chi connectivity index (χ1n) is 19.2. The second-order valence-electron chi connectivity index (χ2n) is 13.9. The molecule has 0 heterocycles. The van der Waals surface area contributed by atoms with E-state index in [1.807, 2.05) is 7.05 Å². The van der Waals surface area contributed by atoms with Gasteiger partial charge in [-0.2, -0.15) is 0 Å². The molecule has 0 bridgehead atoms. The molecule has 44 heavy (non-hydrogen) atoms. The summed E-state index contributed by atoms with van der Waals surface area (Å²) in [6.07, 6.45) is 33.7. The van der Waals surface area contributed by atoms with Crippen LogP contribution in [0.4, 0.5) is 0 Å². The molecule has 0 aromatic rings. The molecule has 4 nitrogen and oxygen atoms in total. The molecule has 0 aliphatic rings. The maximum absolute atomic E-state index is 10.7. The number of carbonyl (C=O) groups is 1. The topological polar surface area (TPSA) is 38.8 Å². The Labute approximate surface area is 279 Å². The maximum atomic E-state index is 10.7. The summed E-state index contributed by atoms with van der Waals surface area (Å²) in [6, 6.07) is 0.326. The minimum absolute atomic E-state index is 0. The van der Waals surface area contributed by atoms with Crippen LogP contribution in [0.3, 0.4) is 0 Å². The SMILES string of the molecule is C.CCCCCCCCCCCCCOCC(C)C.CCCCCCCCCCCCCOCC(C)CCC(C)N(C)C=O. The van der Waals surface area contributed by atoms with Gasteiger partial charge in [0.25, 0.3) is 0 Å². The summed E-state index contributed by atoms with van der Waals surface area (Å²) < 4.78 is 11.4. The standard InChI is InChI=1S/C22H45NO2.C17H36O.CH4/c1-5-6-7-8-9-10-11-12-13-14-15-18-25-19-21(2)16-17-22(3)23(4)20-24;1-4-5-6-7-8-9-10-11-12-13-14-15-18-16-17(2)3;/h20-22H,5-19H2,1-4H3;17H,4-16H2,1-3H3;1H4.